The molecule has 3 aromatic rings. The third kappa shape index (κ3) is 2.39. The Hall–Kier alpha value is -1.23. The van der Waals surface area contributed by atoms with Gasteiger partial charge in [0, 0.05) is 4.47 Å². The SMILES string of the molecule is O=c1[nH]c2ccc(C(Cl)c3cccc(Br)c3Cl)cc2[nH]1. The van der Waals surface area contributed by atoms with Gasteiger partial charge >= 0.3 is 5.69 Å². The molecule has 2 N–H and O–H groups in total. The fourth-order valence-electron chi connectivity index (χ4n) is 2.10. The highest BCUT2D eigenvalue weighted by Crippen LogP contribution is 2.37. The minimum absolute atomic E-state index is 0.233. The Kier molecular flexibility index (Phi) is 3.63. The zero-order chi connectivity index (χ0) is 14.3. The molecule has 6 heteroatoms. The minimum atomic E-state index is -0.386. The number of halogens is 3. The zero-order valence-electron chi connectivity index (χ0n) is 10.1. The van der Waals surface area contributed by atoms with Crippen molar-refractivity contribution in [3.63, 3.8) is 0 Å². The molecule has 0 saturated heterocycles. The van der Waals surface area contributed by atoms with E-state index in [4.69, 9.17) is 23.2 Å². The molecule has 0 spiro atoms. The van der Waals surface area contributed by atoms with E-state index >= 15 is 0 Å². The molecule has 3 rings (SSSR count). The van der Waals surface area contributed by atoms with Gasteiger partial charge in [0.1, 0.15) is 0 Å². The summed E-state index contributed by atoms with van der Waals surface area (Å²) in [4.78, 5) is 16.7. The van der Waals surface area contributed by atoms with Crippen molar-refractivity contribution in [1.29, 1.82) is 0 Å². The number of benzene rings is 2. The molecule has 1 aromatic heterocycles. The number of rotatable bonds is 2. The topological polar surface area (TPSA) is 48.6 Å². The average Bonchev–Trinajstić information content (AvgIpc) is 2.80. The summed E-state index contributed by atoms with van der Waals surface area (Å²) in [5.41, 5.74) is 2.94. The number of aromatic nitrogens is 2. The van der Waals surface area contributed by atoms with Crippen molar-refractivity contribution in [2.45, 2.75) is 5.38 Å². The fourth-order valence-corrected chi connectivity index (χ4v) is 3.09. The molecule has 1 unspecified atom stereocenters. The molecule has 1 heterocycles. The second kappa shape index (κ2) is 5.28. The predicted octanol–water partition coefficient (Wildman–Crippen LogP) is 4.60. The van der Waals surface area contributed by atoms with Crippen molar-refractivity contribution < 1.29 is 0 Å². The Morgan fingerprint density at radius 2 is 1.85 bits per heavy atom. The largest absolute Gasteiger partial charge is 0.323 e. The summed E-state index contributed by atoms with van der Waals surface area (Å²) in [6.45, 7) is 0. The van der Waals surface area contributed by atoms with Crippen molar-refractivity contribution in [1.82, 2.24) is 9.97 Å². The van der Waals surface area contributed by atoms with E-state index < -0.39 is 0 Å². The van der Waals surface area contributed by atoms with Gasteiger partial charge in [0.25, 0.3) is 0 Å². The highest BCUT2D eigenvalue weighted by Gasteiger charge is 2.16. The molecule has 1 atom stereocenters. The van der Waals surface area contributed by atoms with E-state index in [-0.39, 0.29) is 11.1 Å². The van der Waals surface area contributed by atoms with Gasteiger partial charge < -0.3 is 9.97 Å². The van der Waals surface area contributed by atoms with Gasteiger partial charge in [-0.15, -0.1) is 11.6 Å². The zero-order valence-corrected chi connectivity index (χ0v) is 13.2. The summed E-state index contributed by atoms with van der Waals surface area (Å²) in [5.74, 6) is 0. The lowest BCUT2D eigenvalue weighted by molar-refractivity contribution is 1.14. The molecule has 0 radical (unpaired) electrons. The van der Waals surface area contributed by atoms with Crippen LogP contribution in [0, 0.1) is 0 Å². The molecule has 0 bridgehead atoms. The molecule has 20 heavy (non-hydrogen) atoms. The van der Waals surface area contributed by atoms with Crippen molar-refractivity contribution in [3.8, 4) is 0 Å². The number of H-pyrrole nitrogens is 2. The fraction of sp³-hybridized carbons (Fsp3) is 0.0714. The highest BCUT2D eigenvalue weighted by molar-refractivity contribution is 9.10. The second-order valence-corrected chi connectivity index (χ2v) is 6.06. The molecule has 2 aromatic carbocycles. The van der Waals surface area contributed by atoms with E-state index in [9.17, 15) is 4.79 Å². The van der Waals surface area contributed by atoms with Gasteiger partial charge in [-0.25, -0.2) is 4.79 Å². The molecule has 0 aliphatic carbocycles. The third-order valence-electron chi connectivity index (χ3n) is 3.09. The average molecular weight is 372 g/mol. The predicted molar refractivity (Wildman–Crippen MR) is 85.8 cm³/mol. The Bertz CT molecular complexity index is 841. The summed E-state index contributed by atoms with van der Waals surface area (Å²) < 4.78 is 0.804. The van der Waals surface area contributed by atoms with E-state index in [2.05, 4.69) is 25.9 Å². The minimum Gasteiger partial charge on any atom is -0.306 e. The monoisotopic (exact) mass is 370 g/mol. The van der Waals surface area contributed by atoms with Crippen molar-refractivity contribution in [3.05, 3.63) is 67.5 Å². The van der Waals surface area contributed by atoms with E-state index in [0.29, 0.717) is 5.02 Å². The van der Waals surface area contributed by atoms with Crippen LogP contribution in [0.2, 0.25) is 5.02 Å². The summed E-state index contributed by atoms with van der Waals surface area (Å²) in [5, 5.41) is 0.206. The number of aromatic amines is 2. The Morgan fingerprint density at radius 3 is 2.65 bits per heavy atom. The Balaban J connectivity index is 2.09. The van der Waals surface area contributed by atoms with Crippen LogP contribution in [-0.2, 0) is 0 Å². The van der Waals surface area contributed by atoms with E-state index in [1.165, 1.54) is 0 Å². The summed E-state index contributed by atoms with van der Waals surface area (Å²) in [7, 11) is 0. The number of nitrogens with one attached hydrogen (secondary N) is 2. The molecular formula is C14H9BrCl2N2O. The molecule has 0 aliphatic rings. The number of fused-ring (bicyclic) bond motifs is 1. The lowest BCUT2D eigenvalue weighted by Gasteiger charge is -2.13. The van der Waals surface area contributed by atoms with Gasteiger partial charge in [0.05, 0.1) is 21.4 Å². The number of imidazole rings is 1. The van der Waals surface area contributed by atoms with Crippen LogP contribution in [-0.4, -0.2) is 9.97 Å². The maximum absolute atomic E-state index is 11.3. The standard InChI is InChI=1S/C14H9BrCl2N2O/c15-9-3-1-2-8(13(9)17)12(16)7-4-5-10-11(6-7)19-14(20)18-10/h1-6,12H,(H2,18,19,20). The number of hydrogen-bond donors (Lipinski definition) is 2. The smallest absolute Gasteiger partial charge is 0.306 e. The van der Waals surface area contributed by atoms with Crippen LogP contribution in [0.15, 0.2) is 45.7 Å². The van der Waals surface area contributed by atoms with Gasteiger partial charge in [-0.05, 0) is 45.3 Å². The van der Waals surface area contributed by atoms with E-state index in [1.807, 2.05) is 36.4 Å². The van der Waals surface area contributed by atoms with Crippen molar-refractivity contribution >= 4 is 50.2 Å². The molecule has 0 fully saturated rings. The van der Waals surface area contributed by atoms with Crippen LogP contribution in [0.5, 0.6) is 0 Å². The van der Waals surface area contributed by atoms with Crippen LogP contribution in [0.3, 0.4) is 0 Å². The first-order chi connectivity index (χ1) is 9.56. The van der Waals surface area contributed by atoms with E-state index in [0.717, 1.165) is 26.6 Å². The van der Waals surface area contributed by atoms with Gasteiger partial charge in [0.2, 0.25) is 0 Å². The Labute approximate surface area is 133 Å². The summed E-state index contributed by atoms with van der Waals surface area (Å²) in [6, 6.07) is 11.2. The first-order valence-corrected chi connectivity index (χ1v) is 7.47. The van der Waals surface area contributed by atoms with Gasteiger partial charge in [-0.2, -0.15) is 0 Å². The molecule has 0 aliphatic heterocycles. The third-order valence-corrected chi connectivity index (χ3v) is 4.89. The van der Waals surface area contributed by atoms with Crippen LogP contribution in [0.1, 0.15) is 16.5 Å². The summed E-state index contributed by atoms with van der Waals surface area (Å²) in [6.07, 6.45) is 0. The van der Waals surface area contributed by atoms with Crippen molar-refractivity contribution in [2.24, 2.45) is 0 Å². The Morgan fingerprint density at radius 1 is 1.10 bits per heavy atom. The molecule has 102 valence electrons. The normalized spacial score (nSPS) is 12.8. The van der Waals surface area contributed by atoms with Gasteiger partial charge in [-0.1, -0.05) is 29.8 Å². The van der Waals surface area contributed by atoms with Crippen LogP contribution < -0.4 is 5.69 Å². The molecule has 3 nitrogen and oxygen atoms in total. The number of alkyl halides is 1. The first kappa shape index (κ1) is 13.7. The maximum Gasteiger partial charge on any atom is 0.323 e. The second-order valence-electron chi connectivity index (χ2n) is 4.39. The van der Waals surface area contributed by atoms with Crippen LogP contribution >= 0.6 is 39.1 Å². The lowest BCUT2D eigenvalue weighted by atomic mass is 10.0. The van der Waals surface area contributed by atoms with Crippen LogP contribution in [0.25, 0.3) is 11.0 Å². The molecule has 0 saturated carbocycles. The van der Waals surface area contributed by atoms with Gasteiger partial charge in [0.15, 0.2) is 0 Å². The van der Waals surface area contributed by atoms with Crippen LogP contribution in [0.4, 0.5) is 0 Å². The van der Waals surface area contributed by atoms with Gasteiger partial charge in [-0.3, -0.25) is 0 Å². The highest BCUT2D eigenvalue weighted by atomic mass is 79.9. The number of hydrogen-bond acceptors (Lipinski definition) is 1. The molecular weight excluding hydrogens is 363 g/mol. The first-order valence-electron chi connectivity index (χ1n) is 5.86. The lowest BCUT2D eigenvalue weighted by Crippen LogP contribution is -1.99. The maximum atomic E-state index is 11.3. The van der Waals surface area contributed by atoms with Crippen molar-refractivity contribution in [2.75, 3.05) is 0 Å². The molecule has 0 amide bonds. The summed E-state index contributed by atoms with van der Waals surface area (Å²) >= 11 is 16.2. The van der Waals surface area contributed by atoms with E-state index in [1.54, 1.807) is 0 Å². The quantitative estimate of drug-likeness (QED) is 0.635.